The highest BCUT2D eigenvalue weighted by atomic mass is 16.2. The van der Waals surface area contributed by atoms with Crippen molar-refractivity contribution in [1.29, 1.82) is 0 Å². The molecule has 0 bridgehead atoms. The predicted molar refractivity (Wildman–Crippen MR) is 52.9 cm³/mol. The first-order chi connectivity index (χ1) is 6.70. The molecule has 0 aliphatic heterocycles. The molecule has 0 radical (unpaired) electrons. The normalized spacial score (nSPS) is 8.14. The van der Waals surface area contributed by atoms with Crippen LogP contribution in [-0.4, -0.2) is 24.9 Å². The van der Waals surface area contributed by atoms with Crippen molar-refractivity contribution in [2.24, 2.45) is 0 Å². The van der Waals surface area contributed by atoms with Gasteiger partial charge in [-0.3, -0.25) is 9.59 Å². The smallest absolute Gasteiger partial charge is 0.221 e. The highest BCUT2D eigenvalue weighted by molar-refractivity contribution is 5.83. The van der Waals surface area contributed by atoms with Gasteiger partial charge in [0.15, 0.2) is 0 Å². The van der Waals surface area contributed by atoms with E-state index in [2.05, 4.69) is 22.5 Å². The van der Waals surface area contributed by atoms with Crippen molar-refractivity contribution >= 4 is 11.8 Å². The number of carbonyl (C=O) groups is 2. The third-order valence-corrected chi connectivity index (χ3v) is 1.35. The zero-order chi connectivity index (χ0) is 10.8. The Morgan fingerprint density at radius 1 is 0.929 bits per heavy atom. The van der Waals surface area contributed by atoms with Crippen LogP contribution in [0.1, 0.15) is 12.8 Å². The van der Waals surface area contributed by atoms with Crippen molar-refractivity contribution in [2.75, 3.05) is 13.1 Å². The Morgan fingerprint density at radius 2 is 1.29 bits per heavy atom. The summed E-state index contributed by atoms with van der Waals surface area (Å²) in [6.07, 6.45) is 10.1. The standard InChI is InChI=1S/C10H12N2O2/c1-3-7-11-9(13)5-6-10(14)12-8-4-2/h1-2H,5-8H2,(H,11,13)(H,12,14). The summed E-state index contributed by atoms with van der Waals surface area (Å²) in [5.74, 6) is 4.05. The van der Waals surface area contributed by atoms with Crippen LogP contribution in [0.2, 0.25) is 0 Å². The molecule has 0 atom stereocenters. The monoisotopic (exact) mass is 192 g/mol. The van der Waals surface area contributed by atoms with Gasteiger partial charge in [0.1, 0.15) is 0 Å². The first-order valence-electron chi connectivity index (χ1n) is 4.11. The van der Waals surface area contributed by atoms with Crippen LogP contribution < -0.4 is 10.6 Å². The quantitative estimate of drug-likeness (QED) is 0.564. The molecular formula is C10H12N2O2. The zero-order valence-corrected chi connectivity index (χ0v) is 7.80. The fourth-order valence-electron chi connectivity index (χ4n) is 0.703. The van der Waals surface area contributed by atoms with Crippen molar-refractivity contribution in [3.8, 4) is 24.7 Å². The van der Waals surface area contributed by atoms with E-state index < -0.39 is 0 Å². The van der Waals surface area contributed by atoms with Gasteiger partial charge in [0.2, 0.25) is 11.8 Å². The second kappa shape index (κ2) is 7.70. The molecular weight excluding hydrogens is 180 g/mol. The number of rotatable bonds is 5. The van der Waals surface area contributed by atoms with Gasteiger partial charge in [-0.05, 0) is 0 Å². The SMILES string of the molecule is C#CCNC(=O)CCC(=O)NCC#C. The van der Waals surface area contributed by atoms with Crippen molar-refractivity contribution in [3.63, 3.8) is 0 Å². The van der Waals surface area contributed by atoms with Gasteiger partial charge >= 0.3 is 0 Å². The molecule has 4 nitrogen and oxygen atoms in total. The van der Waals surface area contributed by atoms with Crippen LogP contribution in [-0.2, 0) is 9.59 Å². The third kappa shape index (κ3) is 6.75. The zero-order valence-electron chi connectivity index (χ0n) is 7.80. The molecule has 0 saturated carbocycles. The van der Waals surface area contributed by atoms with Crippen LogP contribution in [0.15, 0.2) is 0 Å². The molecule has 0 heterocycles. The average molecular weight is 192 g/mol. The Kier molecular flexibility index (Phi) is 6.63. The van der Waals surface area contributed by atoms with Crippen LogP contribution in [0.3, 0.4) is 0 Å². The van der Waals surface area contributed by atoms with E-state index >= 15 is 0 Å². The Bertz CT molecular complexity index is 253. The van der Waals surface area contributed by atoms with E-state index in [1.165, 1.54) is 0 Å². The maximum absolute atomic E-state index is 11.0. The lowest BCUT2D eigenvalue weighted by atomic mass is 10.3. The van der Waals surface area contributed by atoms with Crippen LogP contribution in [0, 0.1) is 24.7 Å². The van der Waals surface area contributed by atoms with Crippen molar-refractivity contribution < 1.29 is 9.59 Å². The Balaban J connectivity index is 3.53. The molecule has 4 heteroatoms. The van der Waals surface area contributed by atoms with E-state index in [4.69, 9.17) is 12.8 Å². The van der Waals surface area contributed by atoms with Gasteiger partial charge in [-0.1, -0.05) is 11.8 Å². The van der Waals surface area contributed by atoms with Crippen LogP contribution in [0.4, 0.5) is 0 Å². The van der Waals surface area contributed by atoms with Gasteiger partial charge < -0.3 is 10.6 Å². The summed E-state index contributed by atoms with van der Waals surface area (Å²) in [4.78, 5) is 21.9. The van der Waals surface area contributed by atoms with E-state index in [1.54, 1.807) is 0 Å². The van der Waals surface area contributed by atoms with Crippen molar-refractivity contribution in [2.45, 2.75) is 12.8 Å². The molecule has 0 saturated heterocycles. The first-order valence-corrected chi connectivity index (χ1v) is 4.11. The molecule has 0 spiro atoms. The molecule has 0 unspecified atom stereocenters. The lowest BCUT2D eigenvalue weighted by Crippen LogP contribution is -2.28. The number of carbonyl (C=O) groups excluding carboxylic acids is 2. The van der Waals surface area contributed by atoms with Crippen LogP contribution in [0.5, 0.6) is 0 Å². The third-order valence-electron chi connectivity index (χ3n) is 1.35. The van der Waals surface area contributed by atoms with E-state index in [-0.39, 0.29) is 37.7 Å². The Morgan fingerprint density at radius 3 is 1.57 bits per heavy atom. The first kappa shape index (κ1) is 12.1. The fraction of sp³-hybridized carbons (Fsp3) is 0.400. The summed E-state index contributed by atoms with van der Waals surface area (Å²) in [6, 6.07) is 0. The minimum absolute atomic E-state index is 0.123. The van der Waals surface area contributed by atoms with E-state index in [1.807, 2.05) is 0 Å². The molecule has 2 N–H and O–H groups in total. The second-order valence-electron chi connectivity index (χ2n) is 2.46. The molecule has 14 heavy (non-hydrogen) atoms. The average Bonchev–Trinajstić information content (AvgIpc) is 2.20. The van der Waals surface area contributed by atoms with E-state index in [9.17, 15) is 9.59 Å². The fourth-order valence-corrected chi connectivity index (χ4v) is 0.703. The summed E-state index contributed by atoms with van der Waals surface area (Å²) in [6.45, 7) is 0.371. The lowest BCUT2D eigenvalue weighted by molar-refractivity contribution is -0.126. The highest BCUT2D eigenvalue weighted by Crippen LogP contribution is 1.88. The molecule has 0 aromatic rings. The molecule has 0 rings (SSSR count). The Labute approximate surface area is 83.4 Å². The minimum atomic E-state index is -0.237. The summed E-state index contributed by atoms with van der Waals surface area (Å²) in [7, 11) is 0. The number of amides is 2. The lowest BCUT2D eigenvalue weighted by Gasteiger charge is -2.01. The number of hydrogen-bond acceptors (Lipinski definition) is 2. The maximum Gasteiger partial charge on any atom is 0.221 e. The predicted octanol–water partition coefficient (Wildman–Crippen LogP) is -0.735. The van der Waals surface area contributed by atoms with Gasteiger partial charge in [-0.15, -0.1) is 12.8 Å². The van der Waals surface area contributed by atoms with Crippen LogP contribution in [0.25, 0.3) is 0 Å². The van der Waals surface area contributed by atoms with Gasteiger partial charge in [-0.25, -0.2) is 0 Å². The molecule has 0 aromatic carbocycles. The van der Waals surface area contributed by atoms with Crippen LogP contribution >= 0.6 is 0 Å². The Hall–Kier alpha value is -1.94. The topological polar surface area (TPSA) is 58.2 Å². The highest BCUT2D eigenvalue weighted by Gasteiger charge is 2.04. The minimum Gasteiger partial charge on any atom is -0.345 e. The molecule has 0 aromatic heterocycles. The summed E-state index contributed by atoms with van der Waals surface area (Å²) < 4.78 is 0. The molecule has 0 fully saturated rings. The largest absolute Gasteiger partial charge is 0.345 e. The van der Waals surface area contributed by atoms with Gasteiger partial charge in [0, 0.05) is 12.8 Å². The summed E-state index contributed by atoms with van der Waals surface area (Å²) in [5, 5.41) is 4.90. The van der Waals surface area contributed by atoms with E-state index in [0.29, 0.717) is 0 Å². The van der Waals surface area contributed by atoms with Gasteiger partial charge in [0.25, 0.3) is 0 Å². The maximum atomic E-state index is 11.0. The van der Waals surface area contributed by atoms with Gasteiger partial charge in [-0.2, -0.15) is 0 Å². The molecule has 2 amide bonds. The number of terminal acetylenes is 2. The van der Waals surface area contributed by atoms with E-state index in [0.717, 1.165) is 0 Å². The van der Waals surface area contributed by atoms with Crippen molar-refractivity contribution in [3.05, 3.63) is 0 Å². The molecule has 0 aliphatic rings. The summed E-state index contributed by atoms with van der Waals surface area (Å²) in [5.41, 5.74) is 0. The summed E-state index contributed by atoms with van der Waals surface area (Å²) >= 11 is 0. The molecule has 0 aliphatic carbocycles. The second-order valence-corrected chi connectivity index (χ2v) is 2.46. The number of hydrogen-bond donors (Lipinski definition) is 2. The van der Waals surface area contributed by atoms with Crippen molar-refractivity contribution in [1.82, 2.24) is 10.6 Å². The molecule has 74 valence electrons. The van der Waals surface area contributed by atoms with Gasteiger partial charge in [0.05, 0.1) is 13.1 Å². The number of nitrogens with one attached hydrogen (secondary N) is 2.